The highest BCUT2D eigenvalue weighted by Gasteiger charge is 2.21. The Hall–Kier alpha value is -1.35. The van der Waals surface area contributed by atoms with Gasteiger partial charge < -0.3 is 21.3 Å². The highest BCUT2D eigenvalue weighted by molar-refractivity contribution is 14.0. The number of primary amides is 1. The summed E-state index contributed by atoms with van der Waals surface area (Å²) in [5.74, 6) is 0.447. The molecule has 0 aromatic heterocycles. The molecule has 0 aliphatic carbocycles. The highest BCUT2D eigenvalue weighted by atomic mass is 127. The Bertz CT molecular complexity index is 580. The second-order valence-electron chi connectivity index (χ2n) is 6.80. The molecule has 4 N–H and O–H groups in total. The third kappa shape index (κ3) is 7.11. The molecule has 6 nitrogen and oxygen atoms in total. The summed E-state index contributed by atoms with van der Waals surface area (Å²) in [6, 6.07) is 8.36. The molecule has 1 saturated heterocycles. The Morgan fingerprint density at radius 2 is 1.88 bits per heavy atom. The summed E-state index contributed by atoms with van der Waals surface area (Å²) in [5, 5.41) is 6.87. The minimum absolute atomic E-state index is 0. The van der Waals surface area contributed by atoms with Gasteiger partial charge >= 0.3 is 0 Å². The molecule has 1 aliphatic heterocycles. The fourth-order valence-corrected chi connectivity index (χ4v) is 3.02. The standard InChI is InChI=1S/C19H31N5O.HI/c1-4-21-19(23-17-9-11-24(12-10-17)14(2)3)22-13-15-5-7-16(8-6-15)18(20)25;/h5-8,14,17H,4,9-13H2,1-3H3,(H2,20,25)(H2,21,22,23);1H. The zero-order valence-electron chi connectivity index (χ0n) is 16.0. The molecule has 1 aliphatic rings. The number of nitrogens with two attached hydrogens (primary N) is 1. The van der Waals surface area contributed by atoms with Crippen LogP contribution in [-0.4, -0.2) is 48.5 Å². The van der Waals surface area contributed by atoms with Gasteiger partial charge in [-0.25, -0.2) is 4.99 Å². The van der Waals surface area contributed by atoms with Gasteiger partial charge in [0, 0.05) is 37.3 Å². The predicted octanol–water partition coefficient (Wildman–Crippen LogP) is 2.33. The number of benzene rings is 1. The molecular formula is C19H32IN5O. The van der Waals surface area contributed by atoms with Crippen molar-refractivity contribution >= 4 is 35.8 Å². The van der Waals surface area contributed by atoms with Crippen molar-refractivity contribution in [3.05, 3.63) is 35.4 Å². The molecule has 0 bridgehead atoms. The van der Waals surface area contributed by atoms with E-state index in [0.29, 0.717) is 24.2 Å². The number of likely N-dealkylation sites (tertiary alicyclic amines) is 1. The van der Waals surface area contributed by atoms with Gasteiger partial charge in [0.1, 0.15) is 0 Å². The highest BCUT2D eigenvalue weighted by Crippen LogP contribution is 2.13. The molecule has 26 heavy (non-hydrogen) atoms. The molecular weight excluding hydrogens is 441 g/mol. The summed E-state index contributed by atoms with van der Waals surface area (Å²) >= 11 is 0. The van der Waals surface area contributed by atoms with Gasteiger partial charge in [0.05, 0.1) is 6.54 Å². The molecule has 1 heterocycles. The van der Waals surface area contributed by atoms with Gasteiger partial charge in [-0.2, -0.15) is 0 Å². The van der Waals surface area contributed by atoms with Crippen molar-refractivity contribution in [2.45, 2.75) is 52.2 Å². The second kappa shape index (κ2) is 11.4. The fourth-order valence-electron chi connectivity index (χ4n) is 3.02. The first-order valence-corrected chi connectivity index (χ1v) is 9.17. The molecule has 146 valence electrons. The number of hydrogen-bond acceptors (Lipinski definition) is 3. The van der Waals surface area contributed by atoms with Crippen LogP contribution in [0.5, 0.6) is 0 Å². The Kier molecular flexibility index (Phi) is 9.93. The van der Waals surface area contributed by atoms with Gasteiger partial charge in [0.15, 0.2) is 5.96 Å². The number of hydrogen-bond donors (Lipinski definition) is 3. The van der Waals surface area contributed by atoms with Gasteiger partial charge in [-0.15, -0.1) is 24.0 Å². The zero-order valence-corrected chi connectivity index (χ0v) is 18.3. The molecule has 0 spiro atoms. The van der Waals surface area contributed by atoms with Crippen LogP contribution in [0.25, 0.3) is 0 Å². The van der Waals surface area contributed by atoms with E-state index in [2.05, 4.69) is 41.3 Å². The predicted molar refractivity (Wildman–Crippen MR) is 118 cm³/mol. The average Bonchev–Trinajstić information content (AvgIpc) is 2.60. The summed E-state index contributed by atoms with van der Waals surface area (Å²) in [5.41, 5.74) is 6.84. The van der Waals surface area contributed by atoms with Gasteiger partial charge in [-0.05, 0) is 51.3 Å². The SMILES string of the molecule is CCNC(=NCc1ccc(C(N)=O)cc1)NC1CCN(C(C)C)CC1.I. The molecule has 7 heteroatoms. The quantitative estimate of drug-likeness (QED) is 0.337. The van der Waals surface area contributed by atoms with E-state index in [-0.39, 0.29) is 24.0 Å². The Morgan fingerprint density at radius 1 is 1.27 bits per heavy atom. The number of amides is 1. The van der Waals surface area contributed by atoms with E-state index >= 15 is 0 Å². The van der Waals surface area contributed by atoms with E-state index in [1.165, 1.54) is 0 Å². The average molecular weight is 473 g/mol. The fraction of sp³-hybridized carbons (Fsp3) is 0.579. The van der Waals surface area contributed by atoms with Crippen LogP contribution in [0.3, 0.4) is 0 Å². The minimum atomic E-state index is -0.405. The van der Waals surface area contributed by atoms with Crippen LogP contribution in [-0.2, 0) is 6.54 Å². The minimum Gasteiger partial charge on any atom is -0.366 e. The number of guanidine groups is 1. The van der Waals surface area contributed by atoms with E-state index in [0.717, 1.165) is 44.0 Å². The van der Waals surface area contributed by atoms with Crippen LogP contribution in [0, 0.1) is 0 Å². The van der Waals surface area contributed by atoms with Crippen molar-refractivity contribution in [3.63, 3.8) is 0 Å². The van der Waals surface area contributed by atoms with Crippen molar-refractivity contribution in [2.24, 2.45) is 10.7 Å². The number of halogens is 1. The molecule has 1 aromatic carbocycles. The van der Waals surface area contributed by atoms with Crippen molar-refractivity contribution in [2.75, 3.05) is 19.6 Å². The van der Waals surface area contributed by atoms with Gasteiger partial charge in [0.25, 0.3) is 0 Å². The van der Waals surface area contributed by atoms with Crippen molar-refractivity contribution in [3.8, 4) is 0 Å². The lowest BCUT2D eigenvalue weighted by molar-refractivity contribution is 0.100. The van der Waals surface area contributed by atoms with Crippen molar-refractivity contribution in [1.29, 1.82) is 0 Å². The molecule has 1 aromatic rings. The maximum absolute atomic E-state index is 11.1. The summed E-state index contributed by atoms with van der Waals surface area (Å²) in [6.07, 6.45) is 2.27. The molecule has 2 rings (SSSR count). The summed E-state index contributed by atoms with van der Waals surface area (Å²) in [7, 11) is 0. The normalized spacial score (nSPS) is 16.2. The number of aliphatic imine (C=N–C) groups is 1. The molecule has 0 unspecified atom stereocenters. The second-order valence-corrected chi connectivity index (χ2v) is 6.80. The largest absolute Gasteiger partial charge is 0.366 e. The van der Waals surface area contributed by atoms with Crippen LogP contribution in [0.2, 0.25) is 0 Å². The summed E-state index contributed by atoms with van der Waals surface area (Å²) in [4.78, 5) is 18.3. The van der Waals surface area contributed by atoms with E-state index < -0.39 is 5.91 Å². The third-order valence-corrected chi connectivity index (χ3v) is 4.60. The van der Waals surface area contributed by atoms with E-state index in [1.54, 1.807) is 12.1 Å². The topological polar surface area (TPSA) is 82.7 Å². The molecule has 1 fully saturated rings. The number of carbonyl (C=O) groups excluding carboxylic acids is 1. The van der Waals surface area contributed by atoms with E-state index in [4.69, 9.17) is 5.73 Å². The van der Waals surface area contributed by atoms with Crippen LogP contribution < -0.4 is 16.4 Å². The number of rotatable bonds is 6. The number of piperidine rings is 1. The Labute approximate surface area is 174 Å². The lowest BCUT2D eigenvalue weighted by Crippen LogP contribution is -2.49. The van der Waals surface area contributed by atoms with Crippen molar-refractivity contribution < 1.29 is 4.79 Å². The zero-order chi connectivity index (χ0) is 18.2. The van der Waals surface area contributed by atoms with Crippen molar-refractivity contribution in [1.82, 2.24) is 15.5 Å². The molecule has 1 amide bonds. The summed E-state index contributed by atoms with van der Waals surface area (Å²) in [6.45, 7) is 10.2. The van der Waals surface area contributed by atoms with Crippen LogP contribution in [0.1, 0.15) is 49.5 Å². The molecule has 0 saturated carbocycles. The van der Waals surface area contributed by atoms with Crippen LogP contribution in [0.4, 0.5) is 0 Å². The molecule has 0 atom stereocenters. The lowest BCUT2D eigenvalue weighted by atomic mass is 10.0. The van der Waals surface area contributed by atoms with Gasteiger partial charge in [-0.1, -0.05) is 12.1 Å². The summed E-state index contributed by atoms with van der Waals surface area (Å²) < 4.78 is 0. The van der Waals surface area contributed by atoms with E-state index in [1.807, 2.05) is 12.1 Å². The van der Waals surface area contributed by atoms with Gasteiger partial charge in [0.2, 0.25) is 5.91 Å². The van der Waals surface area contributed by atoms with Gasteiger partial charge in [-0.3, -0.25) is 4.79 Å². The van der Waals surface area contributed by atoms with E-state index in [9.17, 15) is 4.79 Å². The first-order valence-electron chi connectivity index (χ1n) is 9.17. The Balaban J connectivity index is 0.00000338. The first kappa shape index (κ1) is 22.7. The van der Waals surface area contributed by atoms with Crippen LogP contribution >= 0.6 is 24.0 Å². The maximum Gasteiger partial charge on any atom is 0.248 e. The Morgan fingerprint density at radius 3 is 2.38 bits per heavy atom. The number of nitrogens with one attached hydrogen (secondary N) is 2. The first-order chi connectivity index (χ1) is 12.0. The smallest absolute Gasteiger partial charge is 0.248 e. The monoisotopic (exact) mass is 473 g/mol. The molecule has 0 radical (unpaired) electrons. The third-order valence-electron chi connectivity index (χ3n) is 4.60. The van der Waals surface area contributed by atoms with Crippen LogP contribution in [0.15, 0.2) is 29.3 Å². The number of carbonyl (C=O) groups is 1. The number of nitrogens with zero attached hydrogens (tertiary/aromatic N) is 2. The lowest BCUT2D eigenvalue weighted by Gasteiger charge is -2.35. The maximum atomic E-state index is 11.1.